The number of H-pyrrole nitrogens is 1. The molecule has 0 bridgehead atoms. The minimum atomic E-state index is 0.477. The number of aromatic amines is 1. The van der Waals surface area contributed by atoms with Crippen molar-refractivity contribution in [2.45, 2.75) is 52.0 Å². The maximum Gasteiger partial charge on any atom is 0.178 e. The Hall–Kier alpha value is -1.09. The second-order valence-electron chi connectivity index (χ2n) is 5.02. The van der Waals surface area contributed by atoms with E-state index < -0.39 is 0 Å². The summed E-state index contributed by atoms with van der Waals surface area (Å²) in [6.07, 6.45) is 6.45. The Labute approximate surface area is 114 Å². The molecule has 0 amide bonds. The molecule has 1 aromatic heterocycles. The van der Waals surface area contributed by atoms with Crippen molar-refractivity contribution in [1.29, 1.82) is 0 Å². The number of hydrogen-bond donors (Lipinski definition) is 1. The van der Waals surface area contributed by atoms with Crippen LogP contribution in [0, 0.1) is 4.77 Å². The number of rotatable bonds is 6. The fraction of sp³-hybridized carbons (Fsp3) is 0.533. The standard InChI is InChI=1S/C15H22N2S/c1-3-4-5-6-9-12(2)17-14-11-8-7-10-13(14)16-15(17)18/h7-8,10-12H,3-6,9H2,1-2H3,(H,16,18). The summed E-state index contributed by atoms with van der Waals surface area (Å²) in [6, 6.07) is 8.83. The number of fused-ring (bicyclic) bond motifs is 1. The molecule has 1 unspecified atom stereocenters. The summed E-state index contributed by atoms with van der Waals surface area (Å²) >= 11 is 5.44. The van der Waals surface area contributed by atoms with Crippen LogP contribution in [0.3, 0.4) is 0 Å². The summed E-state index contributed by atoms with van der Waals surface area (Å²) in [6.45, 7) is 4.52. The Morgan fingerprint density at radius 2 is 2.00 bits per heavy atom. The lowest BCUT2D eigenvalue weighted by molar-refractivity contribution is 0.478. The molecule has 0 saturated heterocycles. The molecule has 98 valence electrons. The Morgan fingerprint density at radius 1 is 1.22 bits per heavy atom. The first kappa shape index (κ1) is 13.3. The summed E-state index contributed by atoms with van der Waals surface area (Å²) in [5, 5.41) is 0. The molecule has 0 aliphatic heterocycles. The van der Waals surface area contributed by atoms with Crippen LogP contribution in [0.4, 0.5) is 0 Å². The van der Waals surface area contributed by atoms with E-state index in [4.69, 9.17) is 12.2 Å². The first-order valence-electron chi connectivity index (χ1n) is 6.93. The van der Waals surface area contributed by atoms with Gasteiger partial charge in [0.1, 0.15) is 0 Å². The van der Waals surface area contributed by atoms with Gasteiger partial charge >= 0.3 is 0 Å². The summed E-state index contributed by atoms with van der Waals surface area (Å²) in [7, 11) is 0. The lowest BCUT2D eigenvalue weighted by atomic mass is 10.1. The summed E-state index contributed by atoms with van der Waals surface area (Å²) in [4.78, 5) is 3.29. The molecule has 1 aromatic carbocycles. The van der Waals surface area contributed by atoms with Crippen LogP contribution in [0.2, 0.25) is 0 Å². The highest BCUT2D eigenvalue weighted by atomic mass is 32.1. The molecule has 0 aliphatic carbocycles. The first-order chi connectivity index (χ1) is 8.74. The van der Waals surface area contributed by atoms with Crippen molar-refractivity contribution in [3.05, 3.63) is 29.0 Å². The minimum absolute atomic E-state index is 0.477. The Balaban J connectivity index is 2.14. The van der Waals surface area contributed by atoms with Crippen LogP contribution in [0.5, 0.6) is 0 Å². The molecule has 0 radical (unpaired) electrons. The van der Waals surface area contributed by atoms with E-state index in [1.165, 1.54) is 37.6 Å². The van der Waals surface area contributed by atoms with Crippen LogP contribution in [-0.2, 0) is 0 Å². The normalized spacial score (nSPS) is 13.0. The van der Waals surface area contributed by atoms with Gasteiger partial charge in [-0.25, -0.2) is 0 Å². The van der Waals surface area contributed by atoms with Crippen molar-refractivity contribution in [1.82, 2.24) is 9.55 Å². The van der Waals surface area contributed by atoms with Crippen molar-refractivity contribution >= 4 is 23.3 Å². The predicted molar refractivity (Wildman–Crippen MR) is 80.6 cm³/mol. The van der Waals surface area contributed by atoms with Crippen molar-refractivity contribution in [2.75, 3.05) is 0 Å². The van der Waals surface area contributed by atoms with E-state index in [9.17, 15) is 0 Å². The van der Waals surface area contributed by atoms with Crippen molar-refractivity contribution in [3.63, 3.8) is 0 Å². The van der Waals surface area contributed by atoms with E-state index in [2.05, 4.69) is 41.6 Å². The number of hydrogen-bond acceptors (Lipinski definition) is 1. The quantitative estimate of drug-likeness (QED) is 0.558. The second kappa shape index (κ2) is 6.19. The second-order valence-corrected chi connectivity index (χ2v) is 5.40. The van der Waals surface area contributed by atoms with E-state index in [0.29, 0.717) is 6.04 Å². The predicted octanol–water partition coefficient (Wildman–Crippen LogP) is 5.23. The van der Waals surface area contributed by atoms with Crippen molar-refractivity contribution in [3.8, 4) is 0 Å². The van der Waals surface area contributed by atoms with Gasteiger partial charge in [-0.05, 0) is 37.7 Å². The van der Waals surface area contributed by atoms with E-state index in [1.807, 2.05) is 6.07 Å². The largest absolute Gasteiger partial charge is 0.331 e. The molecule has 0 saturated carbocycles. The zero-order chi connectivity index (χ0) is 13.0. The van der Waals surface area contributed by atoms with Gasteiger partial charge < -0.3 is 9.55 Å². The third-order valence-electron chi connectivity index (χ3n) is 3.54. The summed E-state index contributed by atoms with van der Waals surface area (Å²) < 4.78 is 3.11. The molecule has 2 nitrogen and oxygen atoms in total. The van der Waals surface area contributed by atoms with Crippen molar-refractivity contribution < 1.29 is 0 Å². The molecule has 0 fully saturated rings. The van der Waals surface area contributed by atoms with Gasteiger partial charge in [0.05, 0.1) is 11.0 Å². The fourth-order valence-electron chi connectivity index (χ4n) is 2.51. The number of nitrogens with one attached hydrogen (secondary N) is 1. The lowest BCUT2D eigenvalue weighted by Gasteiger charge is -2.14. The molecule has 18 heavy (non-hydrogen) atoms. The highest BCUT2D eigenvalue weighted by molar-refractivity contribution is 7.71. The molecule has 1 atom stereocenters. The third kappa shape index (κ3) is 2.83. The van der Waals surface area contributed by atoms with Crippen LogP contribution < -0.4 is 0 Å². The number of para-hydroxylation sites is 2. The topological polar surface area (TPSA) is 20.7 Å². The van der Waals surface area contributed by atoms with Gasteiger partial charge in [-0.2, -0.15) is 0 Å². The summed E-state index contributed by atoms with van der Waals surface area (Å²) in [5.74, 6) is 0. The van der Waals surface area contributed by atoms with E-state index in [-0.39, 0.29) is 0 Å². The first-order valence-corrected chi connectivity index (χ1v) is 7.34. The SMILES string of the molecule is CCCCCCC(C)n1c(=S)[nH]c2ccccc21. The number of nitrogens with zero attached hydrogens (tertiary/aromatic N) is 1. The van der Waals surface area contributed by atoms with Crippen LogP contribution >= 0.6 is 12.2 Å². The van der Waals surface area contributed by atoms with Gasteiger partial charge in [-0.15, -0.1) is 0 Å². The molecule has 2 rings (SSSR count). The van der Waals surface area contributed by atoms with Gasteiger partial charge in [0.15, 0.2) is 4.77 Å². The van der Waals surface area contributed by atoms with Gasteiger partial charge in [0.25, 0.3) is 0 Å². The Bertz CT molecular complexity index is 553. The van der Waals surface area contributed by atoms with E-state index >= 15 is 0 Å². The zero-order valence-electron chi connectivity index (χ0n) is 11.3. The number of unbranched alkanes of at least 4 members (excludes halogenated alkanes) is 3. The molecular weight excluding hydrogens is 240 g/mol. The average molecular weight is 262 g/mol. The smallest absolute Gasteiger partial charge is 0.178 e. The average Bonchev–Trinajstić information content (AvgIpc) is 2.70. The van der Waals surface area contributed by atoms with E-state index in [0.717, 1.165) is 10.3 Å². The molecule has 0 aliphatic rings. The molecular formula is C15H22N2S. The molecule has 1 N–H and O–H groups in total. The van der Waals surface area contributed by atoms with Gasteiger partial charge in [0.2, 0.25) is 0 Å². The maximum atomic E-state index is 5.44. The number of imidazole rings is 1. The van der Waals surface area contributed by atoms with Crippen LogP contribution in [-0.4, -0.2) is 9.55 Å². The monoisotopic (exact) mass is 262 g/mol. The van der Waals surface area contributed by atoms with Crippen LogP contribution in [0.1, 0.15) is 52.0 Å². The van der Waals surface area contributed by atoms with Crippen LogP contribution in [0.15, 0.2) is 24.3 Å². The number of benzene rings is 1. The third-order valence-corrected chi connectivity index (χ3v) is 3.84. The van der Waals surface area contributed by atoms with Gasteiger partial charge in [-0.1, -0.05) is 44.7 Å². The van der Waals surface area contributed by atoms with Gasteiger partial charge in [-0.3, -0.25) is 0 Å². The molecule has 1 heterocycles. The summed E-state index contributed by atoms with van der Waals surface area (Å²) in [5.41, 5.74) is 2.37. The van der Waals surface area contributed by atoms with Gasteiger partial charge in [0, 0.05) is 6.04 Å². The van der Waals surface area contributed by atoms with E-state index in [1.54, 1.807) is 0 Å². The fourth-order valence-corrected chi connectivity index (χ4v) is 2.90. The van der Waals surface area contributed by atoms with Crippen molar-refractivity contribution in [2.24, 2.45) is 0 Å². The lowest BCUT2D eigenvalue weighted by Crippen LogP contribution is -2.05. The Morgan fingerprint density at radius 3 is 2.78 bits per heavy atom. The molecule has 0 spiro atoms. The highest BCUT2D eigenvalue weighted by Gasteiger charge is 2.10. The number of aromatic nitrogens is 2. The Kier molecular flexibility index (Phi) is 4.59. The zero-order valence-corrected chi connectivity index (χ0v) is 12.1. The van der Waals surface area contributed by atoms with Crippen LogP contribution in [0.25, 0.3) is 11.0 Å². The highest BCUT2D eigenvalue weighted by Crippen LogP contribution is 2.22. The molecule has 3 heteroatoms. The molecule has 2 aromatic rings. The maximum absolute atomic E-state index is 5.44. The minimum Gasteiger partial charge on any atom is -0.331 e.